The molecule has 0 bridgehead atoms. The van der Waals surface area contributed by atoms with Crippen LogP contribution in [0.2, 0.25) is 0 Å². The summed E-state index contributed by atoms with van der Waals surface area (Å²) in [6, 6.07) is 20.4. The van der Waals surface area contributed by atoms with Gasteiger partial charge in [-0.05, 0) is 47.2 Å². The molecule has 0 aliphatic rings. The van der Waals surface area contributed by atoms with Crippen molar-refractivity contribution in [1.29, 1.82) is 0 Å². The lowest BCUT2D eigenvalue weighted by atomic mass is 9.99. The van der Waals surface area contributed by atoms with Gasteiger partial charge in [0.05, 0.1) is 5.69 Å². The first-order valence-corrected chi connectivity index (χ1v) is 11.0. The van der Waals surface area contributed by atoms with Crippen LogP contribution in [0.4, 0.5) is 0 Å². The Balaban J connectivity index is 1.45. The molecule has 8 heteroatoms. The highest BCUT2D eigenvalue weighted by Gasteiger charge is 2.19. The number of aromatic nitrogens is 3. The summed E-state index contributed by atoms with van der Waals surface area (Å²) in [4.78, 5) is 40.2. The number of aromatic hydroxyl groups is 1. The summed E-state index contributed by atoms with van der Waals surface area (Å²) < 4.78 is 0. The van der Waals surface area contributed by atoms with Crippen LogP contribution in [0.3, 0.4) is 0 Å². The first-order chi connectivity index (χ1) is 16.9. The quantitative estimate of drug-likeness (QED) is 0.412. The van der Waals surface area contributed by atoms with Gasteiger partial charge >= 0.3 is 11.9 Å². The van der Waals surface area contributed by atoms with E-state index in [0.29, 0.717) is 12.2 Å². The Hall–Kier alpha value is -4.59. The van der Waals surface area contributed by atoms with Gasteiger partial charge in [0.2, 0.25) is 0 Å². The summed E-state index contributed by atoms with van der Waals surface area (Å²) in [6.07, 6.45) is 4.84. The molecular formula is C27H24N4O4. The molecule has 2 aromatic heterocycles. The predicted octanol–water partition coefficient (Wildman–Crippen LogP) is 3.94. The number of hydroxylamine groups is 1. The van der Waals surface area contributed by atoms with Crippen LogP contribution in [0.1, 0.15) is 45.6 Å². The summed E-state index contributed by atoms with van der Waals surface area (Å²) in [7, 11) is 0. The number of amides is 1. The largest absolute Gasteiger partial charge is 0.504 e. The second-order valence-corrected chi connectivity index (χ2v) is 8.06. The van der Waals surface area contributed by atoms with Crippen molar-refractivity contribution in [3.05, 3.63) is 107 Å². The SMILES string of the molecule is CC(=O)ONC(=O)c1nc(Cc2ccc(-c3ccc(Cc4cccnc4)cc3)cc2)nc(C)c1O. The minimum atomic E-state index is -0.827. The predicted molar refractivity (Wildman–Crippen MR) is 129 cm³/mol. The van der Waals surface area contributed by atoms with Crippen molar-refractivity contribution in [3.63, 3.8) is 0 Å². The van der Waals surface area contributed by atoms with Gasteiger partial charge in [0.25, 0.3) is 0 Å². The van der Waals surface area contributed by atoms with Crippen molar-refractivity contribution in [2.24, 2.45) is 0 Å². The Kier molecular flexibility index (Phi) is 7.11. The van der Waals surface area contributed by atoms with Gasteiger partial charge in [0.15, 0.2) is 11.4 Å². The molecule has 0 fully saturated rings. The molecule has 0 radical (unpaired) electrons. The van der Waals surface area contributed by atoms with Gasteiger partial charge in [0, 0.05) is 25.7 Å². The lowest BCUT2D eigenvalue weighted by Crippen LogP contribution is -2.27. The number of hydrogen-bond acceptors (Lipinski definition) is 7. The molecule has 0 spiro atoms. The first-order valence-electron chi connectivity index (χ1n) is 11.0. The van der Waals surface area contributed by atoms with Gasteiger partial charge in [-0.2, -0.15) is 5.48 Å². The lowest BCUT2D eigenvalue weighted by molar-refractivity contribution is -0.146. The molecule has 35 heavy (non-hydrogen) atoms. The normalized spacial score (nSPS) is 10.6. The van der Waals surface area contributed by atoms with E-state index in [-0.39, 0.29) is 17.1 Å². The van der Waals surface area contributed by atoms with Crippen molar-refractivity contribution in [2.45, 2.75) is 26.7 Å². The minimum Gasteiger partial charge on any atom is -0.504 e. The maximum absolute atomic E-state index is 12.2. The summed E-state index contributed by atoms with van der Waals surface area (Å²) in [6.45, 7) is 2.72. The zero-order valence-corrected chi connectivity index (χ0v) is 19.4. The molecule has 4 rings (SSSR count). The molecule has 0 aliphatic carbocycles. The summed E-state index contributed by atoms with van der Waals surface area (Å²) in [5, 5.41) is 10.2. The van der Waals surface area contributed by atoms with Crippen LogP contribution >= 0.6 is 0 Å². The van der Waals surface area contributed by atoms with Crippen LogP contribution in [0.5, 0.6) is 5.75 Å². The van der Waals surface area contributed by atoms with Crippen LogP contribution in [-0.2, 0) is 22.5 Å². The summed E-state index contributed by atoms with van der Waals surface area (Å²) in [5.41, 5.74) is 7.47. The molecule has 0 aliphatic heterocycles. The van der Waals surface area contributed by atoms with Crippen LogP contribution in [0.15, 0.2) is 73.1 Å². The second-order valence-electron chi connectivity index (χ2n) is 8.06. The summed E-state index contributed by atoms with van der Waals surface area (Å²) >= 11 is 0. The van der Waals surface area contributed by atoms with E-state index < -0.39 is 11.9 Å². The lowest BCUT2D eigenvalue weighted by Gasteiger charge is -2.10. The molecule has 2 N–H and O–H groups in total. The highest BCUT2D eigenvalue weighted by molar-refractivity contribution is 5.95. The van der Waals surface area contributed by atoms with E-state index in [1.807, 2.05) is 42.0 Å². The topological polar surface area (TPSA) is 114 Å². The van der Waals surface area contributed by atoms with Crippen LogP contribution in [0, 0.1) is 6.92 Å². The molecule has 0 saturated heterocycles. The Bertz CT molecular complexity index is 1340. The molecule has 4 aromatic rings. The smallest absolute Gasteiger partial charge is 0.329 e. The van der Waals surface area contributed by atoms with Gasteiger partial charge in [0.1, 0.15) is 5.82 Å². The highest BCUT2D eigenvalue weighted by atomic mass is 16.7. The molecule has 176 valence electrons. The van der Waals surface area contributed by atoms with Crippen molar-refractivity contribution < 1.29 is 19.5 Å². The van der Waals surface area contributed by atoms with Gasteiger partial charge in [-0.25, -0.2) is 9.97 Å². The fourth-order valence-electron chi connectivity index (χ4n) is 3.58. The third-order valence-corrected chi connectivity index (χ3v) is 5.34. The summed E-state index contributed by atoms with van der Waals surface area (Å²) in [5.74, 6) is -1.51. The van der Waals surface area contributed by atoms with Crippen molar-refractivity contribution in [2.75, 3.05) is 0 Å². The molecule has 8 nitrogen and oxygen atoms in total. The van der Waals surface area contributed by atoms with Crippen LogP contribution in [0.25, 0.3) is 11.1 Å². The monoisotopic (exact) mass is 468 g/mol. The van der Waals surface area contributed by atoms with Gasteiger partial charge in [-0.3, -0.25) is 14.6 Å². The van der Waals surface area contributed by atoms with Crippen molar-refractivity contribution in [3.8, 4) is 16.9 Å². The molecular weight excluding hydrogens is 444 g/mol. The van der Waals surface area contributed by atoms with Gasteiger partial charge in [-0.1, -0.05) is 54.6 Å². The van der Waals surface area contributed by atoms with E-state index in [2.05, 4.69) is 50.1 Å². The number of rotatable bonds is 6. The Morgan fingerprint density at radius 1 is 0.886 bits per heavy atom. The van der Waals surface area contributed by atoms with E-state index in [4.69, 9.17) is 0 Å². The fourth-order valence-corrected chi connectivity index (χ4v) is 3.58. The molecule has 1 amide bonds. The van der Waals surface area contributed by atoms with E-state index in [0.717, 1.165) is 30.0 Å². The zero-order chi connectivity index (χ0) is 24.8. The maximum atomic E-state index is 12.2. The standard InChI is InChI=1S/C27H24N4O4/c1-17-26(33)25(27(34)31-35-18(2)32)30-24(29-17)15-20-7-11-23(12-8-20)22-9-5-19(6-10-22)14-21-4-3-13-28-16-21/h3-13,16,33H,14-15H2,1-2H3,(H,31,34). The van der Waals surface area contributed by atoms with Crippen LogP contribution in [-0.4, -0.2) is 31.9 Å². The number of pyridine rings is 1. The number of nitrogens with one attached hydrogen (secondary N) is 1. The number of carbonyl (C=O) groups is 2. The van der Waals surface area contributed by atoms with Gasteiger partial charge < -0.3 is 9.94 Å². The maximum Gasteiger partial charge on any atom is 0.329 e. The third kappa shape index (κ3) is 6.05. The minimum absolute atomic E-state index is 0.253. The Morgan fingerprint density at radius 2 is 1.51 bits per heavy atom. The molecule has 0 atom stereocenters. The number of hydrogen-bond donors (Lipinski definition) is 2. The van der Waals surface area contributed by atoms with E-state index >= 15 is 0 Å². The van der Waals surface area contributed by atoms with Crippen molar-refractivity contribution in [1.82, 2.24) is 20.4 Å². The Morgan fingerprint density at radius 3 is 2.09 bits per heavy atom. The first kappa shape index (κ1) is 23.6. The highest BCUT2D eigenvalue weighted by Crippen LogP contribution is 2.23. The second kappa shape index (κ2) is 10.6. The molecule has 0 unspecified atom stereocenters. The number of carbonyl (C=O) groups excluding carboxylic acids is 2. The Labute approximate surface area is 202 Å². The number of aryl methyl sites for hydroxylation is 1. The number of nitrogens with zero attached hydrogens (tertiary/aromatic N) is 3. The van der Waals surface area contributed by atoms with E-state index in [1.54, 1.807) is 13.1 Å². The zero-order valence-electron chi connectivity index (χ0n) is 19.4. The van der Waals surface area contributed by atoms with E-state index in [9.17, 15) is 14.7 Å². The molecule has 0 saturated carbocycles. The van der Waals surface area contributed by atoms with Crippen LogP contribution < -0.4 is 5.48 Å². The van der Waals surface area contributed by atoms with Gasteiger partial charge in [-0.15, -0.1) is 0 Å². The molecule has 2 aromatic carbocycles. The average Bonchev–Trinajstić information content (AvgIpc) is 2.86. The fraction of sp³-hybridized carbons (Fsp3) is 0.148. The molecule has 2 heterocycles. The number of benzene rings is 2. The average molecular weight is 469 g/mol. The third-order valence-electron chi connectivity index (χ3n) is 5.34. The van der Waals surface area contributed by atoms with E-state index in [1.165, 1.54) is 11.1 Å². The van der Waals surface area contributed by atoms with Crippen molar-refractivity contribution >= 4 is 11.9 Å².